The molecular weight excluding hydrogens is 490 g/mol. The molecule has 1 aliphatic rings. The van der Waals surface area contributed by atoms with Crippen LogP contribution in [0.5, 0.6) is 0 Å². The Balaban J connectivity index is 1.43. The van der Waals surface area contributed by atoms with Crippen molar-refractivity contribution in [2.45, 2.75) is 29.4 Å². The SMILES string of the molecule is CN(C)c1cccc2c(S(=O)(=O)NC(=O)[C@H]3O[C@@H](n4cnc5c(N)ncnc54)[C@H](O)[C@@H]3O)cccc12. The van der Waals surface area contributed by atoms with Crippen molar-refractivity contribution < 1.29 is 28.2 Å². The van der Waals surface area contributed by atoms with Crippen LogP contribution < -0.4 is 15.4 Å². The van der Waals surface area contributed by atoms with Crippen LogP contribution >= 0.6 is 0 Å². The summed E-state index contributed by atoms with van der Waals surface area (Å²) in [5, 5.41) is 22.2. The molecule has 1 saturated heterocycles. The molecule has 1 amide bonds. The molecule has 0 spiro atoms. The van der Waals surface area contributed by atoms with Crippen LogP contribution in [0.1, 0.15) is 6.23 Å². The van der Waals surface area contributed by atoms with Gasteiger partial charge in [0.25, 0.3) is 15.9 Å². The van der Waals surface area contributed by atoms with Gasteiger partial charge >= 0.3 is 0 Å². The third-order valence-electron chi connectivity index (χ3n) is 6.02. The Morgan fingerprint density at radius 3 is 2.56 bits per heavy atom. The molecule has 0 bridgehead atoms. The number of anilines is 2. The number of fused-ring (bicyclic) bond motifs is 2. The number of aliphatic hydroxyl groups excluding tert-OH is 2. The molecule has 4 atom stereocenters. The van der Waals surface area contributed by atoms with Gasteiger partial charge in [0.15, 0.2) is 23.8 Å². The summed E-state index contributed by atoms with van der Waals surface area (Å²) in [5.74, 6) is -1.04. The van der Waals surface area contributed by atoms with Gasteiger partial charge in [-0.25, -0.2) is 28.1 Å². The second kappa shape index (κ2) is 8.67. The average molecular weight is 514 g/mol. The van der Waals surface area contributed by atoms with Crippen molar-refractivity contribution in [3.05, 3.63) is 49.1 Å². The van der Waals surface area contributed by atoms with Crippen LogP contribution in [0.4, 0.5) is 11.5 Å². The second-order valence-corrected chi connectivity index (χ2v) is 10.2. The minimum Gasteiger partial charge on any atom is -0.387 e. The smallest absolute Gasteiger partial charge is 0.265 e. The fourth-order valence-electron chi connectivity index (χ4n) is 4.30. The number of carbonyl (C=O) groups excluding carboxylic acids is 1. The number of nitrogens with one attached hydrogen (secondary N) is 1. The molecule has 2 aromatic carbocycles. The van der Waals surface area contributed by atoms with Crippen molar-refractivity contribution in [3.63, 3.8) is 0 Å². The maximum Gasteiger partial charge on any atom is 0.265 e. The van der Waals surface area contributed by atoms with Gasteiger partial charge in [0.1, 0.15) is 24.1 Å². The van der Waals surface area contributed by atoms with Crippen LogP contribution in [0, 0.1) is 0 Å². The maximum atomic E-state index is 13.2. The number of benzene rings is 2. The molecule has 5 N–H and O–H groups in total. The Hall–Kier alpha value is -3.85. The molecule has 2 aromatic heterocycles. The van der Waals surface area contributed by atoms with E-state index < -0.39 is 40.5 Å². The van der Waals surface area contributed by atoms with Gasteiger partial charge in [-0.15, -0.1) is 0 Å². The van der Waals surface area contributed by atoms with Crippen LogP contribution in [0.2, 0.25) is 0 Å². The molecule has 13 nitrogen and oxygen atoms in total. The molecule has 36 heavy (non-hydrogen) atoms. The largest absolute Gasteiger partial charge is 0.387 e. The monoisotopic (exact) mass is 513 g/mol. The number of hydrogen-bond donors (Lipinski definition) is 4. The van der Waals surface area contributed by atoms with Crippen LogP contribution in [0.3, 0.4) is 0 Å². The number of nitrogens with zero attached hydrogens (tertiary/aromatic N) is 5. The van der Waals surface area contributed by atoms with E-state index in [9.17, 15) is 23.4 Å². The highest BCUT2D eigenvalue weighted by Crippen LogP contribution is 2.33. The van der Waals surface area contributed by atoms with Gasteiger partial charge in [-0.3, -0.25) is 9.36 Å². The zero-order valence-corrected chi connectivity index (χ0v) is 20.0. The molecule has 188 valence electrons. The van der Waals surface area contributed by atoms with Gasteiger partial charge in [0, 0.05) is 30.6 Å². The van der Waals surface area contributed by atoms with Gasteiger partial charge in [-0.05, 0) is 12.1 Å². The third-order valence-corrected chi connectivity index (χ3v) is 7.43. The van der Waals surface area contributed by atoms with E-state index in [2.05, 4.69) is 15.0 Å². The molecule has 3 heterocycles. The highest BCUT2D eigenvalue weighted by atomic mass is 32.2. The Bertz CT molecular complexity index is 1590. The van der Waals surface area contributed by atoms with Crippen molar-refractivity contribution in [1.82, 2.24) is 24.2 Å². The topological polar surface area (TPSA) is 186 Å². The van der Waals surface area contributed by atoms with Crippen molar-refractivity contribution in [1.29, 1.82) is 0 Å². The van der Waals surface area contributed by atoms with Crippen molar-refractivity contribution in [3.8, 4) is 0 Å². The van der Waals surface area contributed by atoms with Gasteiger partial charge in [0.2, 0.25) is 0 Å². The summed E-state index contributed by atoms with van der Waals surface area (Å²) in [7, 11) is -0.695. The van der Waals surface area contributed by atoms with Gasteiger partial charge < -0.3 is 25.6 Å². The van der Waals surface area contributed by atoms with E-state index >= 15 is 0 Å². The standard InChI is InChI=1S/C22H23N7O6S/c1-28(2)13-7-3-6-12-11(13)5-4-8-14(12)36(33,34)27-21(32)18-16(30)17(31)22(35-18)29-10-26-15-19(23)24-9-25-20(15)29/h3-10,16-18,22,30-31H,1-2H3,(H,27,32)(H2,23,24,25)/t16-,17+,18-,22+/m0/s1. The quantitative estimate of drug-likeness (QED) is 0.276. The molecule has 14 heteroatoms. The molecule has 0 saturated carbocycles. The molecule has 0 radical (unpaired) electrons. The first-order valence-electron chi connectivity index (χ1n) is 10.8. The molecule has 0 unspecified atom stereocenters. The number of nitrogen functional groups attached to an aromatic ring is 1. The summed E-state index contributed by atoms with van der Waals surface area (Å²) in [6, 6.07) is 9.94. The molecule has 0 aliphatic carbocycles. The van der Waals surface area contributed by atoms with E-state index in [-0.39, 0.29) is 21.9 Å². The Morgan fingerprint density at radius 2 is 1.81 bits per heavy atom. The predicted molar refractivity (Wildman–Crippen MR) is 129 cm³/mol. The van der Waals surface area contributed by atoms with Crippen molar-refractivity contribution >= 4 is 49.4 Å². The lowest BCUT2D eigenvalue weighted by atomic mass is 10.1. The van der Waals surface area contributed by atoms with E-state index in [1.165, 1.54) is 23.3 Å². The second-order valence-electron chi connectivity index (χ2n) is 8.50. The van der Waals surface area contributed by atoms with E-state index in [0.29, 0.717) is 10.8 Å². The maximum absolute atomic E-state index is 13.2. The summed E-state index contributed by atoms with van der Waals surface area (Å²) in [4.78, 5) is 26.7. The number of rotatable bonds is 5. The highest BCUT2D eigenvalue weighted by Gasteiger charge is 2.48. The summed E-state index contributed by atoms with van der Waals surface area (Å²) < 4.78 is 35.3. The number of imidazole rings is 1. The molecule has 1 fully saturated rings. The first-order valence-corrected chi connectivity index (χ1v) is 12.3. The zero-order chi connectivity index (χ0) is 25.8. The summed E-state index contributed by atoms with van der Waals surface area (Å²) in [6.07, 6.45) is -3.82. The number of aromatic nitrogens is 4. The van der Waals surface area contributed by atoms with Crippen LogP contribution in [-0.4, -0.2) is 76.5 Å². The van der Waals surface area contributed by atoms with E-state index in [0.717, 1.165) is 5.69 Å². The summed E-state index contributed by atoms with van der Waals surface area (Å²) in [5.41, 5.74) is 7.03. The van der Waals surface area contributed by atoms with Gasteiger partial charge in [-0.2, -0.15) is 0 Å². The average Bonchev–Trinajstić information content (AvgIpc) is 3.39. The Morgan fingerprint density at radius 1 is 1.08 bits per heavy atom. The summed E-state index contributed by atoms with van der Waals surface area (Å²) in [6.45, 7) is 0. The van der Waals surface area contributed by atoms with Crippen molar-refractivity contribution in [2.75, 3.05) is 24.7 Å². The number of amides is 1. The number of sulfonamides is 1. The number of aliphatic hydroxyl groups is 2. The number of hydrogen-bond acceptors (Lipinski definition) is 11. The fraction of sp³-hybridized carbons (Fsp3) is 0.273. The Kier molecular flexibility index (Phi) is 5.75. The van der Waals surface area contributed by atoms with Crippen molar-refractivity contribution in [2.24, 2.45) is 0 Å². The van der Waals surface area contributed by atoms with E-state index in [1.54, 1.807) is 24.3 Å². The van der Waals surface area contributed by atoms with Gasteiger partial charge in [-0.1, -0.05) is 24.3 Å². The van der Waals surface area contributed by atoms with E-state index in [1.807, 2.05) is 29.8 Å². The number of nitrogens with two attached hydrogens (primary N) is 1. The third kappa shape index (κ3) is 3.80. The Labute approximate surface area is 205 Å². The minimum atomic E-state index is -4.37. The summed E-state index contributed by atoms with van der Waals surface area (Å²) >= 11 is 0. The van der Waals surface area contributed by atoms with E-state index in [4.69, 9.17) is 10.5 Å². The lowest BCUT2D eigenvalue weighted by Crippen LogP contribution is -2.44. The first-order chi connectivity index (χ1) is 17.1. The van der Waals surface area contributed by atoms with Gasteiger partial charge in [0.05, 0.1) is 11.2 Å². The number of ether oxygens (including phenoxy) is 1. The molecular formula is C22H23N7O6S. The van der Waals surface area contributed by atoms with Crippen LogP contribution in [0.25, 0.3) is 21.9 Å². The molecule has 5 rings (SSSR count). The lowest BCUT2D eigenvalue weighted by Gasteiger charge is -2.18. The zero-order valence-electron chi connectivity index (χ0n) is 19.2. The highest BCUT2D eigenvalue weighted by molar-refractivity contribution is 7.90. The van der Waals surface area contributed by atoms with Crippen LogP contribution in [-0.2, 0) is 19.6 Å². The molecule has 1 aliphatic heterocycles. The van der Waals surface area contributed by atoms with Crippen LogP contribution in [0.15, 0.2) is 53.9 Å². The normalized spacial score (nSPS) is 22.2. The predicted octanol–water partition coefficient (Wildman–Crippen LogP) is -0.248. The minimum absolute atomic E-state index is 0.0969. The first kappa shape index (κ1) is 23.9. The molecule has 4 aromatic rings. The number of carbonyl (C=O) groups is 1. The fourth-order valence-corrected chi connectivity index (χ4v) is 5.51. The lowest BCUT2D eigenvalue weighted by molar-refractivity contribution is -0.135.